The fourth-order valence-corrected chi connectivity index (χ4v) is 0. The second kappa shape index (κ2) is 7.25. The molecule has 0 bridgehead atoms. The van der Waals surface area contributed by atoms with Gasteiger partial charge in [-0.2, -0.15) is 0 Å². The average Bonchev–Trinajstić information content (AvgIpc) is 1.59. The Hall–Kier alpha value is 0.830. The van der Waals surface area contributed by atoms with Gasteiger partial charge in [-0.25, -0.2) is 8.42 Å². The van der Waals surface area contributed by atoms with Gasteiger partial charge in [-0.15, -0.1) is 0 Å². The van der Waals surface area contributed by atoms with Gasteiger partial charge in [0.05, 0.1) is 12.7 Å². The van der Waals surface area contributed by atoms with Gasteiger partial charge in [0.1, 0.15) is 0 Å². The molecule has 0 fully saturated rings. The molecular weight excluding hydrogens is 195 g/mol. The van der Waals surface area contributed by atoms with E-state index in [1.807, 2.05) is 0 Å². The summed E-state index contributed by atoms with van der Waals surface area (Å²) in [4.78, 5) is 0. The summed E-state index contributed by atoms with van der Waals surface area (Å²) in [7, 11) is -3.60. The first-order chi connectivity index (χ1) is 4.56. The van der Waals surface area contributed by atoms with Gasteiger partial charge >= 0.3 is 29.6 Å². The van der Waals surface area contributed by atoms with Gasteiger partial charge in [-0.1, -0.05) is 0 Å². The van der Waals surface area contributed by atoms with Crippen LogP contribution >= 0.6 is 0 Å². The van der Waals surface area contributed by atoms with Crippen LogP contribution in [0, 0.1) is 0 Å². The molecule has 0 heterocycles. The Bertz CT molecular complexity index is 175. The van der Waals surface area contributed by atoms with Crippen LogP contribution in [0.25, 0.3) is 0 Å². The number of aliphatic hydroxyl groups is 1. The molecule has 5 nitrogen and oxygen atoms in total. The smallest absolute Gasteiger partial charge is 0.726 e. The summed E-state index contributed by atoms with van der Waals surface area (Å²) in [6.45, 7) is 5.23. The monoisotopic (exact) mass is 208 g/mol. The van der Waals surface area contributed by atoms with Crippen molar-refractivity contribution in [1.29, 1.82) is 0 Å². The molecule has 0 aliphatic heterocycles. The molecule has 0 saturated carbocycles. The van der Waals surface area contributed by atoms with Crippen LogP contribution in [0.1, 0.15) is 20.8 Å². The minimum atomic E-state index is -4.41. The van der Waals surface area contributed by atoms with E-state index in [4.69, 9.17) is 5.11 Å². The average molecular weight is 208 g/mol. The Kier molecular flexibility index (Phi) is 11.2. The Labute approximate surface area is 95.4 Å². The van der Waals surface area contributed by atoms with E-state index in [2.05, 4.69) is 4.18 Å². The molecule has 0 rings (SSSR count). The Morgan fingerprint density at radius 3 is 1.42 bits per heavy atom. The summed E-state index contributed by atoms with van der Waals surface area (Å²) in [6, 6.07) is 0. The van der Waals surface area contributed by atoms with E-state index >= 15 is 0 Å². The maximum Gasteiger partial charge on any atom is 1.00 e. The molecule has 0 aliphatic carbocycles. The first-order valence-corrected chi connectivity index (χ1v) is 4.13. The third-order valence-electron chi connectivity index (χ3n) is 0.204. The van der Waals surface area contributed by atoms with E-state index in [9.17, 15) is 13.0 Å². The standard InChI is InChI=1S/C4H10O.CH4O4S.Na/c1-4(2,3)5;1-5-6(2,3)4;/h5H,1-3H3;1H3,(H,2,3,4);/q;;+1/p-1. The zero-order chi connectivity index (χ0) is 9.71. The maximum atomic E-state index is 9.22. The van der Waals surface area contributed by atoms with Crippen LogP contribution in [-0.4, -0.2) is 30.8 Å². The molecular formula is C5H13NaO5S. The molecule has 70 valence electrons. The van der Waals surface area contributed by atoms with Crippen molar-refractivity contribution >= 4 is 10.4 Å². The van der Waals surface area contributed by atoms with Crippen molar-refractivity contribution in [1.82, 2.24) is 0 Å². The zero-order valence-corrected chi connectivity index (χ0v) is 10.8. The van der Waals surface area contributed by atoms with Crippen LogP contribution in [0.2, 0.25) is 0 Å². The van der Waals surface area contributed by atoms with Crippen molar-refractivity contribution < 1.29 is 51.8 Å². The van der Waals surface area contributed by atoms with Gasteiger partial charge in [0.2, 0.25) is 10.4 Å². The largest absolute Gasteiger partial charge is 1.00 e. The number of rotatable bonds is 1. The molecule has 1 N–H and O–H groups in total. The van der Waals surface area contributed by atoms with Crippen molar-refractivity contribution in [3.05, 3.63) is 0 Å². The third-order valence-corrected chi connectivity index (χ3v) is 0.612. The molecule has 0 radical (unpaired) electrons. The molecule has 0 aromatic carbocycles. The van der Waals surface area contributed by atoms with Crippen LogP contribution < -0.4 is 29.6 Å². The van der Waals surface area contributed by atoms with Crippen molar-refractivity contribution in [3.8, 4) is 0 Å². The van der Waals surface area contributed by atoms with E-state index < -0.39 is 16.0 Å². The normalized spacial score (nSPS) is 10.8. The van der Waals surface area contributed by atoms with E-state index in [-0.39, 0.29) is 29.6 Å². The first kappa shape index (κ1) is 18.6. The number of hydrogen-bond acceptors (Lipinski definition) is 5. The fraction of sp³-hybridized carbons (Fsp3) is 1.00. The SMILES string of the molecule is CC(C)(C)O.COS(=O)(=O)[O-].[Na+]. The molecule has 12 heavy (non-hydrogen) atoms. The minimum Gasteiger partial charge on any atom is -0.726 e. The second-order valence-corrected chi connectivity index (χ2v) is 3.90. The Morgan fingerprint density at radius 1 is 1.33 bits per heavy atom. The van der Waals surface area contributed by atoms with Gasteiger partial charge in [-0.3, -0.25) is 4.18 Å². The summed E-state index contributed by atoms with van der Waals surface area (Å²) in [5.74, 6) is 0. The van der Waals surface area contributed by atoms with Gasteiger partial charge in [0.15, 0.2) is 0 Å². The summed E-state index contributed by atoms with van der Waals surface area (Å²) < 4.78 is 31.0. The van der Waals surface area contributed by atoms with Crippen molar-refractivity contribution in [3.63, 3.8) is 0 Å². The quantitative estimate of drug-likeness (QED) is 0.280. The van der Waals surface area contributed by atoms with Crippen molar-refractivity contribution in [2.24, 2.45) is 0 Å². The molecule has 0 aromatic rings. The van der Waals surface area contributed by atoms with Crippen LogP contribution in [0.3, 0.4) is 0 Å². The van der Waals surface area contributed by atoms with Gasteiger partial charge in [-0.05, 0) is 20.8 Å². The molecule has 0 amide bonds. The van der Waals surface area contributed by atoms with Crippen LogP contribution in [-0.2, 0) is 14.6 Å². The van der Waals surface area contributed by atoms with Gasteiger partial charge in [0, 0.05) is 0 Å². The van der Waals surface area contributed by atoms with E-state index in [0.29, 0.717) is 0 Å². The molecule has 0 spiro atoms. The summed E-state index contributed by atoms with van der Waals surface area (Å²) in [5, 5.41) is 8.52. The molecule has 0 atom stereocenters. The Morgan fingerprint density at radius 2 is 1.42 bits per heavy atom. The zero-order valence-electron chi connectivity index (χ0n) is 7.99. The summed E-state index contributed by atoms with van der Waals surface area (Å²) in [6.07, 6.45) is 0. The summed E-state index contributed by atoms with van der Waals surface area (Å²) in [5.41, 5.74) is -0.500. The Balaban J connectivity index is -0.000000126. The molecule has 0 unspecified atom stereocenters. The summed E-state index contributed by atoms with van der Waals surface area (Å²) >= 11 is 0. The minimum absolute atomic E-state index is 0. The first-order valence-electron chi connectivity index (χ1n) is 2.80. The number of hydrogen-bond donors (Lipinski definition) is 1. The van der Waals surface area contributed by atoms with Crippen LogP contribution in [0.4, 0.5) is 0 Å². The topological polar surface area (TPSA) is 86.7 Å². The molecule has 0 saturated heterocycles. The molecule has 7 heteroatoms. The third kappa shape index (κ3) is 71.3. The fourth-order valence-electron chi connectivity index (χ4n) is 0. The van der Waals surface area contributed by atoms with E-state index in [1.54, 1.807) is 20.8 Å². The molecule has 0 aromatic heterocycles. The molecule has 0 aliphatic rings. The van der Waals surface area contributed by atoms with Crippen LogP contribution in [0.15, 0.2) is 0 Å². The van der Waals surface area contributed by atoms with Crippen molar-refractivity contribution in [2.45, 2.75) is 26.4 Å². The maximum absolute atomic E-state index is 9.22. The van der Waals surface area contributed by atoms with Gasteiger partial charge < -0.3 is 9.66 Å². The van der Waals surface area contributed by atoms with Crippen LogP contribution in [0.5, 0.6) is 0 Å². The predicted molar refractivity (Wildman–Crippen MR) is 38.7 cm³/mol. The van der Waals surface area contributed by atoms with Gasteiger partial charge in [0.25, 0.3) is 0 Å². The second-order valence-electron chi connectivity index (χ2n) is 2.75. The van der Waals surface area contributed by atoms with Crippen molar-refractivity contribution in [2.75, 3.05) is 7.11 Å². The van der Waals surface area contributed by atoms with E-state index in [1.165, 1.54) is 0 Å². The predicted octanol–water partition coefficient (Wildman–Crippen LogP) is -3.13. The van der Waals surface area contributed by atoms with E-state index in [0.717, 1.165) is 7.11 Å².